The van der Waals surface area contributed by atoms with E-state index >= 15 is 0 Å². The Balaban J connectivity index is 1.74. The third-order valence-electron chi connectivity index (χ3n) is 4.10. The van der Waals surface area contributed by atoms with Gasteiger partial charge in [-0.3, -0.25) is 9.59 Å². The van der Waals surface area contributed by atoms with E-state index in [1.807, 2.05) is 38.1 Å². The van der Waals surface area contributed by atoms with E-state index in [1.165, 1.54) is 0 Å². The molecule has 0 aliphatic rings. The van der Waals surface area contributed by atoms with Gasteiger partial charge in [0.1, 0.15) is 0 Å². The summed E-state index contributed by atoms with van der Waals surface area (Å²) in [6.45, 7) is 3.97. The molecule has 0 fully saturated rings. The first kappa shape index (κ1) is 18.9. The number of hydrogen-bond acceptors (Lipinski definition) is 2. The van der Waals surface area contributed by atoms with Crippen molar-refractivity contribution < 1.29 is 9.59 Å². The maximum atomic E-state index is 12.6. The van der Waals surface area contributed by atoms with Gasteiger partial charge in [-0.05, 0) is 61.9 Å². The van der Waals surface area contributed by atoms with Gasteiger partial charge >= 0.3 is 0 Å². The number of nitrogens with one attached hydrogen (secondary N) is 2. The number of hydrogen-bond donors (Lipinski definition) is 2. The summed E-state index contributed by atoms with van der Waals surface area (Å²) in [5, 5.41) is 5.74. The predicted molar refractivity (Wildman–Crippen MR) is 112 cm³/mol. The fraction of sp³-hybridized carbons (Fsp3) is 0.0909. The molecular weight excluding hydrogens is 404 g/mol. The zero-order chi connectivity index (χ0) is 19.4. The van der Waals surface area contributed by atoms with Crippen molar-refractivity contribution in [2.24, 2.45) is 0 Å². The average molecular weight is 423 g/mol. The largest absolute Gasteiger partial charge is 0.322 e. The van der Waals surface area contributed by atoms with Gasteiger partial charge in [-0.2, -0.15) is 0 Å². The standard InChI is InChI=1S/C22H19BrN2O2/c1-14-9-10-20(15(2)11-14)25-22(27)17-6-4-8-19(13-17)24-21(26)16-5-3-7-18(23)12-16/h3-13H,1-2H3,(H,24,26)(H,25,27). The van der Waals surface area contributed by atoms with Crippen molar-refractivity contribution in [3.05, 3.63) is 93.5 Å². The minimum absolute atomic E-state index is 0.222. The van der Waals surface area contributed by atoms with Crippen LogP contribution in [-0.2, 0) is 0 Å². The summed E-state index contributed by atoms with van der Waals surface area (Å²) in [6.07, 6.45) is 0. The molecule has 4 nitrogen and oxygen atoms in total. The van der Waals surface area contributed by atoms with Crippen molar-refractivity contribution in [3.8, 4) is 0 Å². The quantitative estimate of drug-likeness (QED) is 0.577. The lowest BCUT2D eigenvalue weighted by Gasteiger charge is -2.11. The Morgan fingerprint density at radius 3 is 2.15 bits per heavy atom. The molecule has 0 saturated carbocycles. The molecule has 3 aromatic carbocycles. The van der Waals surface area contributed by atoms with Gasteiger partial charge in [0.25, 0.3) is 11.8 Å². The molecule has 3 aromatic rings. The smallest absolute Gasteiger partial charge is 0.255 e. The van der Waals surface area contributed by atoms with E-state index in [-0.39, 0.29) is 11.8 Å². The predicted octanol–water partition coefficient (Wildman–Crippen LogP) is 5.57. The third-order valence-corrected chi connectivity index (χ3v) is 4.59. The van der Waals surface area contributed by atoms with Gasteiger partial charge in [0.15, 0.2) is 0 Å². The molecule has 0 spiro atoms. The number of aryl methyl sites for hydroxylation is 2. The summed E-state index contributed by atoms with van der Waals surface area (Å²) in [4.78, 5) is 25.0. The van der Waals surface area contributed by atoms with E-state index in [2.05, 4.69) is 26.6 Å². The molecule has 0 unspecified atom stereocenters. The van der Waals surface area contributed by atoms with Gasteiger partial charge in [0, 0.05) is 27.0 Å². The van der Waals surface area contributed by atoms with Crippen LogP contribution in [0.15, 0.2) is 71.2 Å². The molecular formula is C22H19BrN2O2. The average Bonchev–Trinajstić information content (AvgIpc) is 2.64. The Kier molecular flexibility index (Phi) is 5.72. The summed E-state index contributed by atoms with van der Waals surface area (Å²) in [6, 6.07) is 19.9. The topological polar surface area (TPSA) is 58.2 Å². The summed E-state index contributed by atoms with van der Waals surface area (Å²) in [5.41, 5.74) is 4.49. The van der Waals surface area contributed by atoms with E-state index in [1.54, 1.807) is 42.5 Å². The molecule has 3 rings (SSSR count). The zero-order valence-corrected chi connectivity index (χ0v) is 16.6. The second-order valence-corrected chi connectivity index (χ2v) is 7.23. The Morgan fingerprint density at radius 2 is 1.44 bits per heavy atom. The van der Waals surface area contributed by atoms with Gasteiger partial charge in [-0.25, -0.2) is 0 Å². The highest BCUT2D eigenvalue weighted by Gasteiger charge is 2.11. The number of rotatable bonds is 4. The molecule has 5 heteroatoms. The third kappa shape index (κ3) is 4.83. The van der Waals surface area contributed by atoms with E-state index in [0.717, 1.165) is 21.3 Å². The fourth-order valence-corrected chi connectivity index (χ4v) is 3.12. The molecule has 0 heterocycles. The summed E-state index contributed by atoms with van der Waals surface area (Å²) < 4.78 is 0.830. The molecule has 0 atom stereocenters. The molecule has 0 aromatic heterocycles. The van der Waals surface area contributed by atoms with Crippen molar-refractivity contribution in [1.82, 2.24) is 0 Å². The van der Waals surface area contributed by atoms with Gasteiger partial charge in [-0.1, -0.05) is 45.8 Å². The fourth-order valence-electron chi connectivity index (χ4n) is 2.72. The second-order valence-electron chi connectivity index (χ2n) is 6.32. The first-order valence-electron chi connectivity index (χ1n) is 8.48. The maximum Gasteiger partial charge on any atom is 0.255 e. The van der Waals surface area contributed by atoms with Crippen LogP contribution in [0.5, 0.6) is 0 Å². The first-order chi connectivity index (χ1) is 12.9. The zero-order valence-electron chi connectivity index (χ0n) is 15.0. The molecule has 0 aliphatic carbocycles. The van der Waals surface area contributed by atoms with Crippen LogP contribution in [0.2, 0.25) is 0 Å². The van der Waals surface area contributed by atoms with Crippen LogP contribution in [-0.4, -0.2) is 11.8 Å². The minimum Gasteiger partial charge on any atom is -0.322 e. The molecule has 0 saturated heterocycles. The second kappa shape index (κ2) is 8.18. The van der Waals surface area contributed by atoms with Crippen LogP contribution in [0.3, 0.4) is 0 Å². The van der Waals surface area contributed by atoms with Crippen LogP contribution in [0.4, 0.5) is 11.4 Å². The van der Waals surface area contributed by atoms with Crippen LogP contribution >= 0.6 is 15.9 Å². The monoisotopic (exact) mass is 422 g/mol. The van der Waals surface area contributed by atoms with E-state index in [0.29, 0.717) is 16.8 Å². The Morgan fingerprint density at radius 1 is 0.778 bits per heavy atom. The Hall–Kier alpha value is -2.92. The Labute approximate surface area is 166 Å². The highest BCUT2D eigenvalue weighted by molar-refractivity contribution is 9.10. The lowest BCUT2D eigenvalue weighted by Crippen LogP contribution is -2.15. The van der Waals surface area contributed by atoms with Gasteiger partial charge < -0.3 is 10.6 Å². The SMILES string of the molecule is Cc1ccc(NC(=O)c2cccc(NC(=O)c3cccc(Br)c3)c2)c(C)c1. The van der Waals surface area contributed by atoms with Crippen molar-refractivity contribution in [3.63, 3.8) is 0 Å². The highest BCUT2D eigenvalue weighted by Crippen LogP contribution is 2.19. The number of amides is 2. The van der Waals surface area contributed by atoms with Crippen LogP contribution < -0.4 is 10.6 Å². The van der Waals surface area contributed by atoms with Crippen LogP contribution in [0.1, 0.15) is 31.8 Å². The minimum atomic E-state index is -0.233. The van der Waals surface area contributed by atoms with Crippen LogP contribution in [0, 0.1) is 13.8 Å². The summed E-state index contributed by atoms with van der Waals surface area (Å²) in [7, 11) is 0. The molecule has 27 heavy (non-hydrogen) atoms. The maximum absolute atomic E-state index is 12.6. The molecule has 0 bridgehead atoms. The normalized spacial score (nSPS) is 10.3. The number of carbonyl (C=O) groups is 2. The van der Waals surface area contributed by atoms with Gasteiger partial charge in [0.2, 0.25) is 0 Å². The van der Waals surface area contributed by atoms with Crippen molar-refractivity contribution in [2.75, 3.05) is 10.6 Å². The number of carbonyl (C=O) groups excluding carboxylic acids is 2. The van der Waals surface area contributed by atoms with Crippen molar-refractivity contribution >= 4 is 39.1 Å². The number of benzene rings is 3. The molecule has 0 aliphatic heterocycles. The van der Waals surface area contributed by atoms with E-state index in [9.17, 15) is 9.59 Å². The summed E-state index contributed by atoms with van der Waals surface area (Å²) in [5.74, 6) is -0.455. The van der Waals surface area contributed by atoms with Gasteiger partial charge in [-0.15, -0.1) is 0 Å². The lowest BCUT2D eigenvalue weighted by atomic mass is 10.1. The van der Waals surface area contributed by atoms with Crippen LogP contribution in [0.25, 0.3) is 0 Å². The van der Waals surface area contributed by atoms with Gasteiger partial charge in [0.05, 0.1) is 0 Å². The molecule has 136 valence electrons. The summed E-state index contributed by atoms with van der Waals surface area (Å²) >= 11 is 3.36. The van der Waals surface area contributed by atoms with E-state index < -0.39 is 0 Å². The number of halogens is 1. The van der Waals surface area contributed by atoms with Crippen molar-refractivity contribution in [1.29, 1.82) is 0 Å². The van der Waals surface area contributed by atoms with E-state index in [4.69, 9.17) is 0 Å². The lowest BCUT2D eigenvalue weighted by molar-refractivity contribution is 0.101. The van der Waals surface area contributed by atoms with Crippen molar-refractivity contribution in [2.45, 2.75) is 13.8 Å². The molecule has 2 N–H and O–H groups in total. The highest BCUT2D eigenvalue weighted by atomic mass is 79.9. The first-order valence-corrected chi connectivity index (χ1v) is 9.27. The molecule has 2 amide bonds. The molecule has 0 radical (unpaired) electrons. The number of anilines is 2. The Bertz CT molecular complexity index is 1010.